The van der Waals surface area contributed by atoms with Gasteiger partial charge in [-0.2, -0.15) is 0 Å². The highest BCUT2D eigenvalue weighted by atomic mass is 19.1. The zero-order valence-electron chi connectivity index (χ0n) is 15.3. The Morgan fingerprint density at radius 1 is 1.07 bits per heavy atom. The summed E-state index contributed by atoms with van der Waals surface area (Å²) in [4.78, 5) is 37.9. The number of carbonyl (C=O) groups is 3. The molecule has 3 amide bonds. The van der Waals surface area contributed by atoms with Crippen molar-refractivity contribution in [3.8, 4) is 0 Å². The van der Waals surface area contributed by atoms with Crippen molar-refractivity contribution in [3.05, 3.63) is 59.8 Å². The minimum Gasteiger partial charge on any atom is -0.459 e. The van der Waals surface area contributed by atoms with Gasteiger partial charge in [0, 0.05) is 37.7 Å². The number of furan rings is 1. The predicted molar refractivity (Wildman–Crippen MR) is 99.1 cm³/mol. The molecule has 148 valence electrons. The number of benzene rings is 1. The second-order valence-electron chi connectivity index (χ2n) is 6.62. The Morgan fingerprint density at radius 2 is 1.79 bits per heavy atom. The Kier molecular flexibility index (Phi) is 6.41. The van der Waals surface area contributed by atoms with E-state index >= 15 is 0 Å². The molecule has 3 rings (SSSR count). The summed E-state index contributed by atoms with van der Waals surface area (Å²) < 4.78 is 17.9. The number of nitrogens with one attached hydrogen (secondary N) is 2. The van der Waals surface area contributed by atoms with Crippen LogP contribution < -0.4 is 10.6 Å². The number of amides is 3. The fraction of sp³-hybridized carbons (Fsp3) is 0.350. The van der Waals surface area contributed by atoms with Gasteiger partial charge in [-0.1, -0.05) is 0 Å². The molecule has 0 saturated carbocycles. The summed E-state index contributed by atoms with van der Waals surface area (Å²) in [6.07, 6.45) is 2.92. The topological polar surface area (TPSA) is 91.7 Å². The van der Waals surface area contributed by atoms with E-state index in [2.05, 4.69) is 10.6 Å². The SMILES string of the molecule is O=C(NC1CCN(C(=O)CCNC(=O)c2ccco2)CC1)c1ccc(F)cc1. The number of piperidine rings is 1. The molecule has 7 nitrogen and oxygen atoms in total. The number of halogens is 1. The lowest BCUT2D eigenvalue weighted by atomic mass is 10.0. The van der Waals surface area contributed by atoms with Gasteiger partial charge in [-0.05, 0) is 49.2 Å². The molecule has 1 aromatic heterocycles. The molecule has 1 fully saturated rings. The second-order valence-corrected chi connectivity index (χ2v) is 6.62. The van der Waals surface area contributed by atoms with Crippen LogP contribution in [0.25, 0.3) is 0 Å². The average Bonchev–Trinajstić information content (AvgIpc) is 3.24. The molecule has 0 unspecified atom stereocenters. The van der Waals surface area contributed by atoms with Gasteiger partial charge in [0.15, 0.2) is 5.76 Å². The lowest BCUT2D eigenvalue weighted by Gasteiger charge is -2.32. The molecular formula is C20H22FN3O4. The zero-order chi connectivity index (χ0) is 19.9. The Morgan fingerprint density at radius 3 is 2.43 bits per heavy atom. The number of hydrogen-bond donors (Lipinski definition) is 2. The summed E-state index contributed by atoms with van der Waals surface area (Å²) in [5.74, 6) is -0.803. The summed E-state index contributed by atoms with van der Waals surface area (Å²) >= 11 is 0. The standard InChI is InChI=1S/C20H22FN3O4/c21-15-5-3-14(4-6-15)19(26)23-16-8-11-24(12-9-16)18(25)7-10-22-20(27)17-2-1-13-28-17/h1-6,13,16H,7-12H2,(H,22,27)(H,23,26). The Bertz CT molecular complexity index is 812. The first-order valence-corrected chi connectivity index (χ1v) is 9.19. The number of rotatable bonds is 6. The van der Waals surface area contributed by atoms with E-state index in [4.69, 9.17) is 4.42 Å². The maximum Gasteiger partial charge on any atom is 0.286 e. The summed E-state index contributed by atoms with van der Waals surface area (Å²) in [5, 5.41) is 5.57. The predicted octanol–water partition coefficient (Wildman–Crippen LogP) is 1.96. The second kappa shape index (κ2) is 9.16. The molecule has 0 bridgehead atoms. The molecule has 1 saturated heterocycles. The average molecular weight is 387 g/mol. The van der Waals surface area contributed by atoms with Crippen LogP contribution in [0.2, 0.25) is 0 Å². The van der Waals surface area contributed by atoms with Crippen molar-refractivity contribution in [1.29, 1.82) is 0 Å². The monoisotopic (exact) mass is 387 g/mol. The molecule has 28 heavy (non-hydrogen) atoms. The molecule has 1 aliphatic rings. The third-order valence-corrected chi connectivity index (χ3v) is 4.66. The van der Waals surface area contributed by atoms with Gasteiger partial charge in [-0.3, -0.25) is 14.4 Å². The van der Waals surface area contributed by atoms with Crippen LogP contribution in [0.1, 0.15) is 40.2 Å². The zero-order valence-corrected chi connectivity index (χ0v) is 15.3. The van der Waals surface area contributed by atoms with Gasteiger partial charge >= 0.3 is 0 Å². The van der Waals surface area contributed by atoms with Gasteiger partial charge in [-0.25, -0.2) is 4.39 Å². The van der Waals surface area contributed by atoms with E-state index in [0.717, 1.165) is 0 Å². The molecule has 1 aromatic carbocycles. The summed E-state index contributed by atoms with van der Waals surface area (Å²) in [6.45, 7) is 1.32. The molecule has 1 aliphatic heterocycles. The van der Waals surface area contributed by atoms with E-state index in [9.17, 15) is 18.8 Å². The van der Waals surface area contributed by atoms with Crippen LogP contribution in [0.15, 0.2) is 47.1 Å². The van der Waals surface area contributed by atoms with E-state index in [1.165, 1.54) is 30.5 Å². The maximum atomic E-state index is 12.9. The van der Waals surface area contributed by atoms with Crippen molar-refractivity contribution < 1.29 is 23.2 Å². The van der Waals surface area contributed by atoms with E-state index in [1.54, 1.807) is 17.0 Å². The summed E-state index contributed by atoms with van der Waals surface area (Å²) in [5.41, 5.74) is 0.409. The summed E-state index contributed by atoms with van der Waals surface area (Å²) in [6, 6.07) is 8.55. The van der Waals surface area contributed by atoms with Crippen LogP contribution in [-0.2, 0) is 4.79 Å². The van der Waals surface area contributed by atoms with E-state index in [-0.39, 0.29) is 48.3 Å². The highest BCUT2D eigenvalue weighted by Crippen LogP contribution is 2.13. The fourth-order valence-electron chi connectivity index (χ4n) is 3.08. The molecule has 0 atom stereocenters. The molecule has 2 N–H and O–H groups in total. The fourth-order valence-corrected chi connectivity index (χ4v) is 3.08. The van der Waals surface area contributed by atoms with Gasteiger partial charge in [0.25, 0.3) is 11.8 Å². The normalized spacial score (nSPS) is 14.5. The smallest absolute Gasteiger partial charge is 0.286 e. The third-order valence-electron chi connectivity index (χ3n) is 4.66. The Balaban J connectivity index is 1.37. The lowest BCUT2D eigenvalue weighted by Crippen LogP contribution is -2.47. The van der Waals surface area contributed by atoms with Crippen LogP contribution in [0, 0.1) is 5.82 Å². The number of likely N-dealkylation sites (tertiary alicyclic amines) is 1. The quantitative estimate of drug-likeness (QED) is 0.793. The maximum absolute atomic E-state index is 12.9. The Hall–Kier alpha value is -3.16. The molecule has 0 spiro atoms. The van der Waals surface area contributed by atoms with Crippen molar-refractivity contribution in [2.24, 2.45) is 0 Å². The van der Waals surface area contributed by atoms with Crippen molar-refractivity contribution in [2.45, 2.75) is 25.3 Å². The molecule has 2 aromatic rings. The highest BCUT2D eigenvalue weighted by Gasteiger charge is 2.24. The van der Waals surface area contributed by atoms with Crippen LogP contribution >= 0.6 is 0 Å². The first-order valence-electron chi connectivity index (χ1n) is 9.19. The van der Waals surface area contributed by atoms with Gasteiger partial charge in [0.05, 0.1) is 6.26 Å². The Labute approximate surface area is 161 Å². The first kappa shape index (κ1) is 19.6. The largest absolute Gasteiger partial charge is 0.459 e. The van der Waals surface area contributed by atoms with Crippen molar-refractivity contribution in [3.63, 3.8) is 0 Å². The minimum atomic E-state index is -0.385. The molecular weight excluding hydrogens is 365 g/mol. The number of hydrogen-bond acceptors (Lipinski definition) is 4. The summed E-state index contributed by atoms with van der Waals surface area (Å²) in [7, 11) is 0. The van der Waals surface area contributed by atoms with E-state index < -0.39 is 0 Å². The van der Waals surface area contributed by atoms with Crippen LogP contribution in [0.4, 0.5) is 4.39 Å². The van der Waals surface area contributed by atoms with E-state index in [0.29, 0.717) is 31.5 Å². The van der Waals surface area contributed by atoms with Crippen molar-refractivity contribution in [1.82, 2.24) is 15.5 Å². The van der Waals surface area contributed by atoms with E-state index in [1.807, 2.05) is 0 Å². The third kappa shape index (κ3) is 5.18. The lowest BCUT2D eigenvalue weighted by molar-refractivity contribution is -0.132. The van der Waals surface area contributed by atoms with Crippen molar-refractivity contribution >= 4 is 17.7 Å². The highest BCUT2D eigenvalue weighted by molar-refractivity contribution is 5.94. The number of nitrogens with zero attached hydrogens (tertiary/aromatic N) is 1. The van der Waals surface area contributed by atoms with Gasteiger partial charge in [0.1, 0.15) is 5.82 Å². The number of carbonyl (C=O) groups excluding carboxylic acids is 3. The molecule has 2 heterocycles. The van der Waals surface area contributed by atoms with Crippen molar-refractivity contribution in [2.75, 3.05) is 19.6 Å². The molecule has 0 aliphatic carbocycles. The molecule has 8 heteroatoms. The van der Waals surface area contributed by atoms with Gasteiger partial charge in [0.2, 0.25) is 5.91 Å². The minimum absolute atomic E-state index is 0.0275. The van der Waals surface area contributed by atoms with Crippen LogP contribution in [0.5, 0.6) is 0 Å². The van der Waals surface area contributed by atoms with Crippen LogP contribution in [-0.4, -0.2) is 48.3 Å². The van der Waals surface area contributed by atoms with Crippen LogP contribution in [0.3, 0.4) is 0 Å². The molecule has 0 radical (unpaired) electrons. The van der Waals surface area contributed by atoms with Gasteiger partial charge < -0.3 is 20.0 Å². The van der Waals surface area contributed by atoms with Gasteiger partial charge in [-0.15, -0.1) is 0 Å². The first-order chi connectivity index (χ1) is 13.5.